The second kappa shape index (κ2) is 8.82. The van der Waals surface area contributed by atoms with E-state index < -0.39 is 0 Å². The Balaban J connectivity index is 1.21. The SMILES string of the molecule is O=C(C1CCCCC1)N1CCCc2cc(C3CC3CCC3CCCCC3)ccc21. The zero-order valence-corrected chi connectivity index (χ0v) is 18.2. The van der Waals surface area contributed by atoms with Crippen LogP contribution in [0.4, 0.5) is 5.69 Å². The lowest BCUT2D eigenvalue weighted by atomic mass is 9.85. The fourth-order valence-corrected chi connectivity index (χ4v) is 6.55. The average Bonchev–Trinajstić information content (AvgIpc) is 3.57. The van der Waals surface area contributed by atoms with Crippen molar-refractivity contribution >= 4 is 11.6 Å². The van der Waals surface area contributed by atoms with Crippen LogP contribution in [0.1, 0.15) is 107 Å². The second-order valence-electron chi connectivity index (χ2n) is 10.5. The number of hydrogen-bond donors (Lipinski definition) is 0. The minimum atomic E-state index is 0.280. The van der Waals surface area contributed by atoms with Crippen LogP contribution in [0.25, 0.3) is 0 Å². The molecule has 2 atom stereocenters. The van der Waals surface area contributed by atoms with Gasteiger partial charge in [-0.2, -0.15) is 0 Å². The molecule has 3 fully saturated rings. The first-order valence-electron chi connectivity index (χ1n) is 12.7. The van der Waals surface area contributed by atoms with Crippen LogP contribution in [-0.4, -0.2) is 12.5 Å². The molecular weight excluding hydrogens is 354 g/mol. The predicted octanol–water partition coefficient (Wildman–Crippen LogP) is 7.01. The Labute approximate surface area is 177 Å². The van der Waals surface area contributed by atoms with Gasteiger partial charge < -0.3 is 4.90 Å². The lowest BCUT2D eigenvalue weighted by Gasteiger charge is -2.34. The Bertz CT molecular complexity index is 713. The van der Waals surface area contributed by atoms with Crippen molar-refractivity contribution in [3.05, 3.63) is 29.3 Å². The van der Waals surface area contributed by atoms with Crippen molar-refractivity contribution in [2.24, 2.45) is 17.8 Å². The van der Waals surface area contributed by atoms with Gasteiger partial charge in [0, 0.05) is 18.2 Å². The Morgan fingerprint density at radius 2 is 1.66 bits per heavy atom. The van der Waals surface area contributed by atoms with Crippen LogP contribution in [0.2, 0.25) is 0 Å². The summed E-state index contributed by atoms with van der Waals surface area (Å²) in [4.78, 5) is 15.3. The lowest BCUT2D eigenvalue weighted by Crippen LogP contribution is -2.40. The van der Waals surface area contributed by atoms with Crippen LogP contribution in [0.3, 0.4) is 0 Å². The van der Waals surface area contributed by atoms with Crippen LogP contribution in [0.15, 0.2) is 18.2 Å². The number of amides is 1. The molecule has 1 aliphatic heterocycles. The van der Waals surface area contributed by atoms with E-state index in [-0.39, 0.29) is 5.92 Å². The van der Waals surface area contributed by atoms with E-state index in [1.54, 1.807) is 5.56 Å². The molecule has 0 saturated heterocycles. The standard InChI is InChI=1S/C27H39NO/c29-27(21-10-5-2-6-11-21)28-17-7-12-24-18-22(15-16-26(24)28)25-19-23(25)14-13-20-8-3-1-4-9-20/h15-16,18,20-21,23,25H,1-14,17,19H2. The van der Waals surface area contributed by atoms with Gasteiger partial charge in [-0.3, -0.25) is 4.79 Å². The molecule has 3 aliphatic carbocycles. The van der Waals surface area contributed by atoms with Crippen LogP contribution >= 0.6 is 0 Å². The third kappa shape index (κ3) is 4.42. The first-order chi connectivity index (χ1) is 14.3. The van der Waals surface area contributed by atoms with E-state index in [1.165, 1.54) is 81.9 Å². The summed E-state index contributed by atoms with van der Waals surface area (Å²) in [5, 5.41) is 0. The topological polar surface area (TPSA) is 20.3 Å². The Morgan fingerprint density at radius 3 is 2.45 bits per heavy atom. The summed E-state index contributed by atoms with van der Waals surface area (Å²) < 4.78 is 0. The molecule has 3 saturated carbocycles. The van der Waals surface area contributed by atoms with E-state index in [0.29, 0.717) is 5.91 Å². The molecule has 5 rings (SSSR count). The average molecular weight is 394 g/mol. The highest BCUT2D eigenvalue weighted by molar-refractivity contribution is 5.96. The molecule has 2 nitrogen and oxygen atoms in total. The number of carbonyl (C=O) groups excluding carboxylic acids is 1. The van der Waals surface area contributed by atoms with Gasteiger partial charge in [-0.15, -0.1) is 0 Å². The van der Waals surface area contributed by atoms with Crippen molar-refractivity contribution in [1.29, 1.82) is 0 Å². The molecule has 4 aliphatic rings. The zero-order valence-electron chi connectivity index (χ0n) is 18.2. The number of benzene rings is 1. The summed E-state index contributed by atoms with van der Waals surface area (Å²) in [5.74, 6) is 3.44. The maximum atomic E-state index is 13.2. The minimum Gasteiger partial charge on any atom is -0.312 e. The van der Waals surface area contributed by atoms with E-state index >= 15 is 0 Å². The van der Waals surface area contributed by atoms with Gasteiger partial charge in [-0.1, -0.05) is 69.9 Å². The highest BCUT2D eigenvalue weighted by Crippen LogP contribution is 2.52. The monoisotopic (exact) mass is 393 g/mol. The molecule has 0 spiro atoms. The number of hydrogen-bond acceptors (Lipinski definition) is 1. The largest absolute Gasteiger partial charge is 0.312 e. The number of nitrogens with zero attached hydrogens (tertiary/aromatic N) is 1. The Hall–Kier alpha value is -1.31. The van der Waals surface area contributed by atoms with Gasteiger partial charge in [-0.25, -0.2) is 0 Å². The van der Waals surface area contributed by atoms with Crippen molar-refractivity contribution in [3.63, 3.8) is 0 Å². The Morgan fingerprint density at radius 1 is 0.897 bits per heavy atom. The molecule has 0 radical (unpaired) electrons. The van der Waals surface area contributed by atoms with E-state index in [0.717, 1.165) is 50.0 Å². The normalized spacial score (nSPS) is 28.2. The molecule has 0 bridgehead atoms. The molecular formula is C27H39NO. The van der Waals surface area contributed by atoms with Crippen LogP contribution < -0.4 is 4.90 Å². The fourth-order valence-electron chi connectivity index (χ4n) is 6.55. The highest BCUT2D eigenvalue weighted by atomic mass is 16.2. The van der Waals surface area contributed by atoms with E-state index in [9.17, 15) is 4.79 Å². The van der Waals surface area contributed by atoms with Crippen molar-refractivity contribution in [1.82, 2.24) is 0 Å². The molecule has 1 aromatic carbocycles. The molecule has 158 valence electrons. The minimum absolute atomic E-state index is 0.280. The second-order valence-corrected chi connectivity index (χ2v) is 10.5. The molecule has 0 N–H and O–H groups in total. The quantitative estimate of drug-likeness (QED) is 0.527. The number of anilines is 1. The predicted molar refractivity (Wildman–Crippen MR) is 120 cm³/mol. The third-order valence-electron chi connectivity index (χ3n) is 8.46. The molecule has 2 heteroatoms. The van der Waals surface area contributed by atoms with E-state index in [2.05, 4.69) is 23.1 Å². The molecule has 1 heterocycles. The van der Waals surface area contributed by atoms with Gasteiger partial charge in [0.15, 0.2) is 0 Å². The van der Waals surface area contributed by atoms with Crippen molar-refractivity contribution in [3.8, 4) is 0 Å². The van der Waals surface area contributed by atoms with Crippen molar-refractivity contribution in [2.45, 2.75) is 102 Å². The molecule has 1 aromatic rings. The van der Waals surface area contributed by atoms with Crippen LogP contribution in [0, 0.1) is 17.8 Å². The summed E-state index contributed by atoms with van der Waals surface area (Å²) in [6.07, 6.45) is 20.0. The molecule has 0 aromatic heterocycles. The summed E-state index contributed by atoms with van der Waals surface area (Å²) in [7, 11) is 0. The maximum absolute atomic E-state index is 13.2. The van der Waals surface area contributed by atoms with Gasteiger partial charge in [0.1, 0.15) is 0 Å². The van der Waals surface area contributed by atoms with Crippen molar-refractivity contribution < 1.29 is 4.79 Å². The molecule has 29 heavy (non-hydrogen) atoms. The lowest BCUT2D eigenvalue weighted by molar-refractivity contribution is -0.123. The number of rotatable bonds is 5. The van der Waals surface area contributed by atoms with Gasteiger partial charge in [-0.05, 0) is 73.5 Å². The number of carbonyl (C=O) groups is 1. The summed E-state index contributed by atoms with van der Waals surface area (Å²) >= 11 is 0. The maximum Gasteiger partial charge on any atom is 0.230 e. The summed E-state index contributed by atoms with van der Waals surface area (Å²) in [6.45, 7) is 0.926. The number of aryl methyl sites for hydroxylation is 1. The number of fused-ring (bicyclic) bond motifs is 1. The van der Waals surface area contributed by atoms with Crippen LogP contribution in [-0.2, 0) is 11.2 Å². The first-order valence-corrected chi connectivity index (χ1v) is 12.7. The van der Waals surface area contributed by atoms with Gasteiger partial charge in [0.2, 0.25) is 5.91 Å². The highest BCUT2D eigenvalue weighted by Gasteiger charge is 2.39. The van der Waals surface area contributed by atoms with Gasteiger partial charge >= 0.3 is 0 Å². The van der Waals surface area contributed by atoms with Gasteiger partial charge in [0.25, 0.3) is 0 Å². The zero-order chi connectivity index (χ0) is 19.6. The van der Waals surface area contributed by atoms with Crippen LogP contribution in [0.5, 0.6) is 0 Å². The molecule has 2 unspecified atom stereocenters. The van der Waals surface area contributed by atoms with E-state index in [1.807, 2.05) is 0 Å². The van der Waals surface area contributed by atoms with E-state index in [4.69, 9.17) is 0 Å². The summed E-state index contributed by atoms with van der Waals surface area (Å²) in [5.41, 5.74) is 4.23. The smallest absolute Gasteiger partial charge is 0.230 e. The summed E-state index contributed by atoms with van der Waals surface area (Å²) in [6, 6.07) is 7.12. The fraction of sp³-hybridized carbons (Fsp3) is 0.741. The Kier molecular flexibility index (Phi) is 5.97. The first kappa shape index (κ1) is 19.6. The van der Waals surface area contributed by atoms with Gasteiger partial charge in [0.05, 0.1) is 0 Å². The van der Waals surface area contributed by atoms with Crippen molar-refractivity contribution in [2.75, 3.05) is 11.4 Å². The molecule has 1 amide bonds. The third-order valence-corrected chi connectivity index (χ3v) is 8.46.